The van der Waals surface area contributed by atoms with Gasteiger partial charge in [-0.05, 0) is 24.1 Å². The lowest BCUT2D eigenvalue weighted by atomic mass is 10.2. The minimum atomic E-state index is -3.78. The molecular weight excluding hydrogens is 281 g/mol. The fourth-order valence-corrected chi connectivity index (χ4v) is 2.37. The van der Waals surface area contributed by atoms with Gasteiger partial charge in [0, 0.05) is 12.1 Å². The highest BCUT2D eigenvalue weighted by atomic mass is 32.2. The van der Waals surface area contributed by atoms with E-state index in [9.17, 15) is 12.8 Å². The number of halogens is 1. The zero-order valence-electron chi connectivity index (χ0n) is 11.4. The fourth-order valence-electron chi connectivity index (χ4n) is 1.29. The van der Waals surface area contributed by atoms with Gasteiger partial charge in [0.2, 0.25) is 0 Å². The van der Waals surface area contributed by atoms with Crippen molar-refractivity contribution in [1.29, 1.82) is 0 Å². The number of nitrogens with two attached hydrogens (primary N) is 1. The number of anilines is 1. The van der Waals surface area contributed by atoms with Gasteiger partial charge in [-0.2, -0.15) is 13.1 Å². The van der Waals surface area contributed by atoms with E-state index in [1.165, 1.54) is 12.1 Å². The van der Waals surface area contributed by atoms with Crippen LogP contribution in [0.15, 0.2) is 18.2 Å². The molecule has 110 valence electrons. The molecule has 0 saturated carbocycles. The maximum absolute atomic E-state index is 13.8. The summed E-state index contributed by atoms with van der Waals surface area (Å²) < 4.78 is 41.6. The van der Waals surface area contributed by atoms with Crippen LogP contribution in [0.2, 0.25) is 0 Å². The summed E-state index contributed by atoms with van der Waals surface area (Å²) in [6, 6.07) is 4.00. The lowest BCUT2D eigenvalue weighted by Crippen LogP contribution is -2.33. The van der Waals surface area contributed by atoms with Gasteiger partial charge >= 0.3 is 0 Å². The second kappa shape index (κ2) is 7.24. The van der Waals surface area contributed by atoms with Crippen molar-refractivity contribution in [2.24, 2.45) is 11.7 Å². The van der Waals surface area contributed by atoms with Gasteiger partial charge in [0.05, 0.1) is 12.2 Å². The predicted molar refractivity (Wildman–Crippen MR) is 77.7 cm³/mol. The molecule has 0 aliphatic carbocycles. The molecule has 0 unspecified atom stereocenters. The Hall–Kier alpha value is -1.62. The van der Waals surface area contributed by atoms with E-state index < -0.39 is 16.0 Å². The van der Waals surface area contributed by atoms with Crippen molar-refractivity contribution in [2.45, 2.75) is 13.8 Å². The molecular formula is C13H18FN3O2S. The normalized spacial score (nSPS) is 11.1. The molecule has 1 aromatic rings. The minimum Gasteiger partial charge on any atom is -0.320 e. The molecule has 1 aromatic carbocycles. The van der Waals surface area contributed by atoms with E-state index in [0.717, 1.165) is 6.07 Å². The van der Waals surface area contributed by atoms with E-state index in [1.54, 1.807) is 0 Å². The van der Waals surface area contributed by atoms with Crippen LogP contribution in [0.1, 0.15) is 19.4 Å². The van der Waals surface area contributed by atoms with Crippen LogP contribution in [-0.2, 0) is 10.2 Å². The zero-order valence-corrected chi connectivity index (χ0v) is 12.2. The molecule has 1 rings (SSSR count). The Morgan fingerprint density at radius 2 is 2.10 bits per heavy atom. The first-order valence-corrected chi connectivity index (χ1v) is 7.58. The first-order chi connectivity index (χ1) is 9.34. The summed E-state index contributed by atoms with van der Waals surface area (Å²) in [5, 5.41) is 0. The topological polar surface area (TPSA) is 84.2 Å². The third-order valence-corrected chi connectivity index (χ3v) is 3.27. The van der Waals surface area contributed by atoms with Gasteiger partial charge in [-0.3, -0.25) is 4.72 Å². The van der Waals surface area contributed by atoms with Crippen LogP contribution < -0.4 is 15.2 Å². The molecule has 0 aliphatic heterocycles. The molecule has 0 saturated heterocycles. The van der Waals surface area contributed by atoms with Crippen molar-refractivity contribution in [2.75, 3.05) is 17.8 Å². The number of benzene rings is 1. The quantitative estimate of drug-likeness (QED) is 0.710. The van der Waals surface area contributed by atoms with Crippen molar-refractivity contribution in [3.05, 3.63) is 29.6 Å². The van der Waals surface area contributed by atoms with E-state index >= 15 is 0 Å². The molecule has 4 N–H and O–H groups in total. The van der Waals surface area contributed by atoms with E-state index in [-0.39, 0.29) is 24.7 Å². The van der Waals surface area contributed by atoms with Gasteiger partial charge in [0.1, 0.15) is 5.82 Å². The molecule has 0 heterocycles. The van der Waals surface area contributed by atoms with E-state index in [1.807, 2.05) is 13.8 Å². The summed E-state index contributed by atoms with van der Waals surface area (Å²) in [6.45, 7) is 4.19. The first kappa shape index (κ1) is 16.4. The predicted octanol–water partition coefficient (Wildman–Crippen LogP) is 1.04. The number of rotatable bonds is 5. The lowest BCUT2D eigenvalue weighted by molar-refractivity contribution is 0.563. The summed E-state index contributed by atoms with van der Waals surface area (Å²) in [5.74, 6) is 4.73. The van der Waals surface area contributed by atoms with Gasteiger partial charge in [-0.1, -0.05) is 25.7 Å². The van der Waals surface area contributed by atoms with Crippen molar-refractivity contribution in [3.8, 4) is 11.8 Å². The van der Waals surface area contributed by atoms with Crippen LogP contribution in [0, 0.1) is 23.6 Å². The third kappa shape index (κ3) is 5.57. The van der Waals surface area contributed by atoms with E-state index in [0.29, 0.717) is 5.56 Å². The van der Waals surface area contributed by atoms with Crippen molar-refractivity contribution >= 4 is 15.9 Å². The zero-order chi connectivity index (χ0) is 15.2. The SMILES string of the molecule is CC(C)CNS(=O)(=O)Nc1ccc(C#CCN)cc1F. The molecule has 0 bridgehead atoms. The number of nitrogens with one attached hydrogen (secondary N) is 2. The molecule has 20 heavy (non-hydrogen) atoms. The second-order valence-corrected chi connectivity index (χ2v) is 6.05. The molecule has 0 aliphatic rings. The van der Waals surface area contributed by atoms with Crippen LogP contribution in [0.4, 0.5) is 10.1 Å². The van der Waals surface area contributed by atoms with E-state index in [2.05, 4.69) is 21.3 Å². The van der Waals surface area contributed by atoms with Crippen LogP contribution in [0.3, 0.4) is 0 Å². The van der Waals surface area contributed by atoms with Crippen LogP contribution in [-0.4, -0.2) is 21.5 Å². The van der Waals surface area contributed by atoms with Crippen LogP contribution in [0.5, 0.6) is 0 Å². The summed E-state index contributed by atoms with van der Waals surface area (Å²) >= 11 is 0. The fraction of sp³-hybridized carbons (Fsp3) is 0.385. The molecule has 0 aromatic heterocycles. The van der Waals surface area contributed by atoms with Gasteiger partial charge < -0.3 is 5.73 Å². The Morgan fingerprint density at radius 1 is 1.40 bits per heavy atom. The highest BCUT2D eigenvalue weighted by molar-refractivity contribution is 7.90. The van der Waals surface area contributed by atoms with Crippen LogP contribution in [0.25, 0.3) is 0 Å². The Morgan fingerprint density at radius 3 is 2.65 bits per heavy atom. The average Bonchev–Trinajstić information content (AvgIpc) is 2.37. The smallest absolute Gasteiger partial charge is 0.299 e. The largest absolute Gasteiger partial charge is 0.320 e. The van der Waals surface area contributed by atoms with Crippen molar-refractivity contribution in [1.82, 2.24) is 4.72 Å². The molecule has 5 nitrogen and oxygen atoms in total. The number of hydrogen-bond donors (Lipinski definition) is 3. The molecule has 0 fully saturated rings. The van der Waals surface area contributed by atoms with Gasteiger partial charge in [-0.15, -0.1) is 0 Å². The summed E-state index contributed by atoms with van der Waals surface area (Å²) in [7, 11) is -3.78. The van der Waals surface area contributed by atoms with Crippen LogP contribution >= 0.6 is 0 Å². The maximum atomic E-state index is 13.8. The van der Waals surface area contributed by atoms with Crippen molar-refractivity contribution < 1.29 is 12.8 Å². The molecule has 0 radical (unpaired) electrons. The lowest BCUT2D eigenvalue weighted by Gasteiger charge is -2.11. The Balaban J connectivity index is 2.83. The highest BCUT2D eigenvalue weighted by Crippen LogP contribution is 2.16. The van der Waals surface area contributed by atoms with Gasteiger partial charge in [0.25, 0.3) is 10.2 Å². The Labute approximate surface area is 118 Å². The Bertz CT molecular complexity index is 618. The summed E-state index contributed by atoms with van der Waals surface area (Å²) in [6.07, 6.45) is 0. The van der Waals surface area contributed by atoms with Gasteiger partial charge in [-0.25, -0.2) is 4.39 Å². The van der Waals surface area contributed by atoms with Crippen molar-refractivity contribution in [3.63, 3.8) is 0 Å². The van der Waals surface area contributed by atoms with Gasteiger partial charge in [0.15, 0.2) is 0 Å². The minimum absolute atomic E-state index is 0.125. The Kier molecular flexibility index (Phi) is 5.95. The monoisotopic (exact) mass is 299 g/mol. The molecule has 0 amide bonds. The molecule has 0 spiro atoms. The highest BCUT2D eigenvalue weighted by Gasteiger charge is 2.13. The average molecular weight is 299 g/mol. The maximum Gasteiger partial charge on any atom is 0.299 e. The number of hydrogen-bond acceptors (Lipinski definition) is 3. The molecule has 0 atom stereocenters. The molecule has 7 heteroatoms. The summed E-state index contributed by atoms with van der Waals surface area (Å²) in [5.41, 5.74) is 5.53. The third-order valence-electron chi connectivity index (χ3n) is 2.23. The first-order valence-electron chi connectivity index (χ1n) is 6.10. The standard InChI is InChI=1S/C13H18FN3O2S/c1-10(2)9-16-20(18,19)17-13-6-5-11(4-3-7-15)8-12(13)14/h5-6,8,10,16-17H,7,9,15H2,1-2H3. The summed E-state index contributed by atoms with van der Waals surface area (Å²) in [4.78, 5) is 0. The van der Waals surface area contributed by atoms with E-state index in [4.69, 9.17) is 5.73 Å². The second-order valence-electron chi connectivity index (χ2n) is 4.55.